The number of aliphatic hydroxyl groups excluding tert-OH is 1. The number of aryl methyl sites for hydroxylation is 1. The molecule has 1 aliphatic heterocycles. The number of amides is 1. The minimum Gasteiger partial charge on any atom is -0.394 e. The molecule has 4 nitrogen and oxygen atoms in total. The number of ether oxygens (including phenoxy) is 1. The maximum absolute atomic E-state index is 12.6. The Labute approximate surface area is 121 Å². The zero-order chi connectivity index (χ0) is 14.0. The van der Waals surface area contributed by atoms with Crippen molar-refractivity contribution in [1.82, 2.24) is 4.90 Å². The van der Waals surface area contributed by atoms with E-state index in [0.29, 0.717) is 18.7 Å². The summed E-state index contributed by atoms with van der Waals surface area (Å²) in [4.78, 5) is 14.4. The minimum absolute atomic E-state index is 0.00644. The topological polar surface area (TPSA) is 49.8 Å². The molecule has 0 spiro atoms. The van der Waals surface area contributed by atoms with Crippen LogP contribution < -0.4 is 0 Å². The van der Waals surface area contributed by atoms with E-state index in [1.54, 1.807) is 4.90 Å². The van der Waals surface area contributed by atoms with E-state index in [2.05, 4.69) is 15.9 Å². The Hall–Kier alpha value is -0.910. The lowest BCUT2D eigenvalue weighted by atomic mass is 10.1. The van der Waals surface area contributed by atoms with E-state index in [1.807, 2.05) is 32.0 Å². The van der Waals surface area contributed by atoms with E-state index in [9.17, 15) is 9.90 Å². The molecule has 0 saturated carbocycles. The average Bonchev–Trinajstić information content (AvgIpc) is 2.41. The minimum atomic E-state index is -0.285. The predicted octanol–water partition coefficient (Wildman–Crippen LogP) is 1.98. The zero-order valence-electron chi connectivity index (χ0n) is 11.1. The van der Waals surface area contributed by atoms with Gasteiger partial charge in [0.25, 0.3) is 5.91 Å². The van der Waals surface area contributed by atoms with Crippen LogP contribution in [-0.2, 0) is 4.74 Å². The number of rotatable bonds is 2. The van der Waals surface area contributed by atoms with Crippen LogP contribution in [0.1, 0.15) is 22.8 Å². The molecule has 1 aromatic rings. The number of halogens is 1. The number of nitrogens with zero attached hydrogens (tertiary/aromatic N) is 1. The van der Waals surface area contributed by atoms with Gasteiger partial charge in [0.15, 0.2) is 0 Å². The molecule has 19 heavy (non-hydrogen) atoms. The van der Waals surface area contributed by atoms with Crippen LogP contribution in [0.15, 0.2) is 22.7 Å². The molecule has 2 rings (SSSR count). The third-order valence-corrected chi connectivity index (χ3v) is 3.89. The van der Waals surface area contributed by atoms with Crippen LogP contribution in [0.5, 0.6) is 0 Å². The molecule has 1 N–H and O–H groups in total. The number of morpholine rings is 1. The molecule has 1 heterocycles. The first-order valence-corrected chi connectivity index (χ1v) is 7.11. The van der Waals surface area contributed by atoms with Crippen LogP contribution in [0, 0.1) is 6.92 Å². The highest BCUT2D eigenvalue weighted by atomic mass is 79.9. The lowest BCUT2D eigenvalue weighted by molar-refractivity contribution is -0.0667. The summed E-state index contributed by atoms with van der Waals surface area (Å²) in [5, 5.41) is 9.18. The van der Waals surface area contributed by atoms with Crippen LogP contribution in [-0.4, -0.2) is 47.8 Å². The van der Waals surface area contributed by atoms with E-state index in [4.69, 9.17) is 4.74 Å². The van der Waals surface area contributed by atoms with Crippen LogP contribution in [0.25, 0.3) is 0 Å². The number of aliphatic hydroxyl groups is 1. The molecule has 2 unspecified atom stereocenters. The van der Waals surface area contributed by atoms with Crippen molar-refractivity contribution in [3.8, 4) is 0 Å². The summed E-state index contributed by atoms with van der Waals surface area (Å²) in [5.41, 5.74) is 1.65. The van der Waals surface area contributed by atoms with Gasteiger partial charge in [-0.05, 0) is 31.5 Å². The molecule has 1 saturated heterocycles. The number of carbonyl (C=O) groups is 1. The largest absolute Gasteiger partial charge is 0.394 e. The fourth-order valence-corrected chi connectivity index (χ4v) is 2.55. The second kappa shape index (κ2) is 6.03. The molecule has 0 aromatic heterocycles. The number of benzene rings is 1. The van der Waals surface area contributed by atoms with E-state index in [0.717, 1.165) is 10.0 Å². The Balaban J connectivity index is 2.24. The van der Waals surface area contributed by atoms with Gasteiger partial charge in [-0.15, -0.1) is 0 Å². The molecule has 0 aliphatic carbocycles. The lowest BCUT2D eigenvalue weighted by Crippen LogP contribution is -2.52. The summed E-state index contributed by atoms with van der Waals surface area (Å²) in [6, 6.07) is 5.71. The highest BCUT2D eigenvalue weighted by Crippen LogP contribution is 2.21. The van der Waals surface area contributed by atoms with Gasteiger partial charge in [0.2, 0.25) is 0 Å². The molecule has 0 radical (unpaired) electrons. The summed E-state index contributed by atoms with van der Waals surface area (Å²) in [6.45, 7) is 4.72. The molecule has 1 fully saturated rings. The smallest absolute Gasteiger partial charge is 0.254 e. The Morgan fingerprint density at radius 2 is 2.32 bits per heavy atom. The molecule has 0 bridgehead atoms. The van der Waals surface area contributed by atoms with Gasteiger partial charge in [0.05, 0.1) is 25.4 Å². The maximum atomic E-state index is 12.6. The number of hydrogen-bond donors (Lipinski definition) is 1. The van der Waals surface area contributed by atoms with Gasteiger partial charge >= 0.3 is 0 Å². The zero-order valence-corrected chi connectivity index (χ0v) is 12.7. The van der Waals surface area contributed by atoms with Crippen molar-refractivity contribution in [2.45, 2.75) is 26.0 Å². The van der Waals surface area contributed by atoms with Gasteiger partial charge in [-0.1, -0.05) is 22.0 Å². The van der Waals surface area contributed by atoms with E-state index < -0.39 is 0 Å². The van der Waals surface area contributed by atoms with Crippen LogP contribution >= 0.6 is 15.9 Å². The molecule has 1 aromatic carbocycles. The summed E-state index contributed by atoms with van der Waals surface area (Å²) >= 11 is 3.39. The van der Waals surface area contributed by atoms with Crippen molar-refractivity contribution in [3.63, 3.8) is 0 Å². The van der Waals surface area contributed by atoms with Crippen LogP contribution in [0.4, 0.5) is 0 Å². The molecule has 1 amide bonds. The Bertz CT molecular complexity index is 478. The highest BCUT2D eigenvalue weighted by Gasteiger charge is 2.30. The second-order valence-corrected chi connectivity index (χ2v) is 5.82. The van der Waals surface area contributed by atoms with Gasteiger partial charge in [-0.3, -0.25) is 4.79 Å². The van der Waals surface area contributed by atoms with Crippen molar-refractivity contribution in [2.24, 2.45) is 0 Å². The lowest BCUT2D eigenvalue weighted by Gasteiger charge is -2.37. The van der Waals surface area contributed by atoms with Crippen molar-refractivity contribution >= 4 is 21.8 Å². The van der Waals surface area contributed by atoms with Crippen molar-refractivity contribution in [1.29, 1.82) is 0 Å². The Morgan fingerprint density at radius 1 is 1.58 bits per heavy atom. The molecule has 1 aliphatic rings. The van der Waals surface area contributed by atoms with Crippen molar-refractivity contribution in [2.75, 3.05) is 19.8 Å². The summed E-state index contributed by atoms with van der Waals surface area (Å²) < 4.78 is 6.35. The van der Waals surface area contributed by atoms with Gasteiger partial charge in [-0.25, -0.2) is 0 Å². The first-order valence-electron chi connectivity index (χ1n) is 6.32. The third-order valence-electron chi connectivity index (χ3n) is 3.40. The standard InChI is InChI=1S/C14H18BrNO3/c1-9-3-4-11(15)5-13(9)14(18)16-6-12(7-17)19-8-10(16)2/h3-5,10,12,17H,6-8H2,1-2H3. The number of hydrogen-bond acceptors (Lipinski definition) is 3. The van der Waals surface area contributed by atoms with Crippen molar-refractivity contribution in [3.05, 3.63) is 33.8 Å². The highest BCUT2D eigenvalue weighted by molar-refractivity contribution is 9.10. The van der Waals surface area contributed by atoms with E-state index >= 15 is 0 Å². The molecular weight excluding hydrogens is 310 g/mol. The predicted molar refractivity (Wildman–Crippen MR) is 76.2 cm³/mol. The molecule has 104 valence electrons. The Morgan fingerprint density at radius 3 is 3.00 bits per heavy atom. The van der Waals surface area contributed by atoms with Gasteiger partial charge in [0, 0.05) is 16.6 Å². The van der Waals surface area contributed by atoms with Gasteiger partial charge in [-0.2, -0.15) is 0 Å². The monoisotopic (exact) mass is 327 g/mol. The van der Waals surface area contributed by atoms with Gasteiger partial charge in [0.1, 0.15) is 0 Å². The van der Waals surface area contributed by atoms with Gasteiger partial charge < -0.3 is 14.7 Å². The fourth-order valence-electron chi connectivity index (χ4n) is 2.19. The fraction of sp³-hybridized carbons (Fsp3) is 0.500. The second-order valence-electron chi connectivity index (χ2n) is 4.90. The molecular formula is C14H18BrNO3. The van der Waals surface area contributed by atoms with E-state index in [1.165, 1.54) is 0 Å². The Kier molecular flexibility index (Phi) is 4.60. The van der Waals surface area contributed by atoms with E-state index in [-0.39, 0.29) is 24.7 Å². The first kappa shape index (κ1) is 14.5. The van der Waals surface area contributed by atoms with Crippen LogP contribution in [0.3, 0.4) is 0 Å². The SMILES string of the molecule is Cc1ccc(Br)cc1C(=O)N1CC(CO)OCC1C. The normalized spacial score (nSPS) is 23.5. The molecule has 5 heteroatoms. The average molecular weight is 328 g/mol. The quantitative estimate of drug-likeness (QED) is 0.903. The first-order chi connectivity index (χ1) is 9.02. The number of carbonyl (C=O) groups excluding carboxylic acids is 1. The van der Waals surface area contributed by atoms with Crippen molar-refractivity contribution < 1.29 is 14.6 Å². The third kappa shape index (κ3) is 3.16. The van der Waals surface area contributed by atoms with Crippen LogP contribution in [0.2, 0.25) is 0 Å². The summed E-state index contributed by atoms with van der Waals surface area (Å²) in [6.07, 6.45) is -0.285. The molecule has 2 atom stereocenters. The summed E-state index contributed by atoms with van der Waals surface area (Å²) in [5.74, 6) is -0.00644. The maximum Gasteiger partial charge on any atom is 0.254 e. The summed E-state index contributed by atoms with van der Waals surface area (Å²) in [7, 11) is 0.